The number of rotatable bonds is 6. The Morgan fingerprint density at radius 1 is 1.25 bits per heavy atom. The van der Waals surface area contributed by atoms with E-state index in [1.807, 2.05) is 0 Å². The number of hydrogen-bond acceptors (Lipinski definition) is 4. The van der Waals surface area contributed by atoms with Crippen LogP contribution in [0.3, 0.4) is 0 Å². The Hall–Kier alpha value is -1.65. The first-order valence-corrected chi connectivity index (χ1v) is 6.59. The van der Waals surface area contributed by atoms with E-state index in [9.17, 15) is 26.4 Å². The minimum absolute atomic E-state index is 0.293. The second kappa shape index (κ2) is 6.20. The highest BCUT2D eigenvalue weighted by molar-refractivity contribution is 7.89. The van der Waals surface area contributed by atoms with E-state index in [4.69, 9.17) is 5.11 Å². The van der Waals surface area contributed by atoms with Crippen molar-refractivity contribution in [2.24, 2.45) is 0 Å². The second-order valence-corrected chi connectivity index (χ2v) is 5.35. The monoisotopic (exact) mass is 313 g/mol. The molecule has 0 aliphatic carbocycles. The number of carboxylic acids is 1. The van der Waals surface area contributed by atoms with E-state index in [2.05, 4.69) is 4.84 Å². The molecule has 1 aromatic rings. The van der Waals surface area contributed by atoms with Gasteiger partial charge in [0.25, 0.3) is 10.0 Å². The molecular formula is C10H10F3NO5S. The van der Waals surface area contributed by atoms with Crippen LogP contribution >= 0.6 is 0 Å². The van der Waals surface area contributed by atoms with E-state index in [0.29, 0.717) is 5.56 Å². The molecule has 0 aliphatic rings. The molecule has 0 amide bonds. The average Bonchev–Trinajstić information content (AvgIpc) is 2.26. The van der Waals surface area contributed by atoms with Crippen LogP contribution in [0.15, 0.2) is 29.2 Å². The van der Waals surface area contributed by atoms with Crippen LogP contribution in [-0.2, 0) is 26.1 Å². The first-order valence-electron chi connectivity index (χ1n) is 5.11. The molecule has 20 heavy (non-hydrogen) atoms. The predicted molar refractivity (Wildman–Crippen MR) is 60.1 cm³/mol. The number of carboxylic acid groups (broad SMARTS) is 1. The van der Waals surface area contributed by atoms with Gasteiger partial charge in [-0.2, -0.15) is 13.2 Å². The maximum Gasteiger partial charge on any atom is 0.413 e. The van der Waals surface area contributed by atoms with Crippen molar-refractivity contribution in [3.63, 3.8) is 0 Å². The Morgan fingerprint density at radius 2 is 1.80 bits per heavy atom. The topological polar surface area (TPSA) is 92.7 Å². The molecule has 0 spiro atoms. The zero-order valence-corrected chi connectivity index (χ0v) is 10.7. The fourth-order valence-corrected chi connectivity index (χ4v) is 2.00. The van der Waals surface area contributed by atoms with Crippen molar-refractivity contribution in [1.29, 1.82) is 0 Å². The minimum Gasteiger partial charge on any atom is -0.481 e. The van der Waals surface area contributed by atoms with E-state index in [-0.39, 0.29) is 11.3 Å². The van der Waals surface area contributed by atoms with Gasteiger partial charge in [0.15, 0.2) is 6.61 Å². The van der Waals surface area contributed by atoms with Crippen molar-refractivity contribution in [1.82, 2.24) is 4.89 Å². The molecule has 0 unspecified atom stereocenters. The summed E-state index contributed by atoms with van der Waals surface area (Å²) >= 11 is 0. The van der Waals surface area contributed by atoms with Crippen molar-refractivity contribution < 1.29 is 36.3 Å². The lowest BCUT2D eigenvalue weighted by atomic mass is 10.2. The molecule has 1 aromatic carbocycles. The highest BCUT2D eigenvalue weighted by Crippen LogP contribution is 2.15. The van der Waals surface area contributed by atoms with Crippen molar-refractivity contribution in [3.05, 3.63) is 29.8 Å². The number of hydrogen-bond donors (Lipinski definition) is 2. The van der Waals surface area contributed by atoms with Gasteiger partial charge in [-0.3, -0.25) is 9.63 Å². The van der Waals surface area contributed by atoms with Crippen LogP contribution in [0.5, 0.6) is 0 Å². The van der Waals surface area contributed by atoms with E-state index >= 15 is 0 Å². The van der Waals surface area contributed by atoms with Crippen LogP contribution in [0.1, 0.15) is 5.56 Å². The van der Waals surface area contributed by atoms with Crippen LogP contribution in [0.4, 0.5) is 13.2 Å². The summed E-state index contributed by atoms with van der Waals surface area (Å²) in [5.74, 6) is -1.09. The molecule has 0 saturated heterocycles. The third-order valence-corrected chi connectivity index (χ3v) is 3.22. The molecule has 112 valence electrons. The van der Waals surface area contributed by atoms with Gasteiger partial charge in [-0.25, -0.2) is 8.42 Å². The van der Waals surface area contributed by atoms with Crippen LogP contribution in [0.2, 0.25) is 0 Å². The van der Waals surface area contributed by atoms with Crippen LogP contribution in [-0.4, -0.2) is 32.3 Å². The zero-order valence-electron chi connectivity index (χ0n) is 9.85. The highest BCUT2D eigenvalue weighted by atomic mass is 32.2. The number of sulfonamides is 1. The highest BCUT2D eigenvalue weighted by Gasteiger charge is 2.29. The summed E-state index contributed by atoms with van der Waals surface area (Å²) in [5, 5.41) is 8.53. The number of alkyl halides is 3. The molecular weight excluding hydrogens is 303 g/mol. The van der Waals surface area contributed by atoms with Gasteiger partial charge in [0.05, 0.1) is 11.3 Å². The van der Waals surface area contributed by atoms with Gasteiger partial charge in [0, 0.05) is 0 Å². The normalized spacial score (nSPS) is 12.3. The molecule has 0 aliphatic heterocycles. The number of aliphatic carboxylic acids is 1. The van der Waals surface area contributed by atoms with Crippen molar-refractivity contribution in [2.45, 2.75) is 17.5 Å². The smallest absolute Gasteiger partial charge is 0.413 e. The third-order valence-electron chi connectivity index (χ3n) is 1.99. The minimum atomic E-state index is -4.66. The number of benzene rings is 1. The lowest BCUT2D eigenvalue weighted by molar-refractivity contribution is -0.181. The van der Waals surface area contributed by atoms with E-state index in [0.717, 1.165) is 12.1 Å². The summed E-state index contributed by atoms with van der Waals surface area (Å²) < 4.78 is 58.4. The van der Waals surface area contributed by atoms with Crippen LogP contribution in [0.25, 0.3) is 0 Å². The molecule has 10 heteroatoms. The summed E-state index contributed by atoms with van der Waals surface area (Å²) in [6.07, 6.45) is -4.95. The van der Waals surface area contributed by atoms with Gasteiger partial charge in [-0.1, -0.05) is 17.0 Å². The molecule has 0 atom stereocenters. The molecule has 0 saturated carbocycles. The van der Waals surface area contributed by atoms with Crippen LogP contribution < -0.4 is 4.89 Å². The average molecular weight is 313 g/mol. The van der Waals surface area contributed by atoms with Gasteiger partial charge in [-0.05, 0) is 17.7 Å². The summed E-state index contributed by atoms with van der Waals surface area (Å²) in [6, 6.07) is 4.62. The largest absolute Gasteiger partial charge is 0.481 e. The lowest BCUT2D eigenvalue weighted by Crippen LogP contribution is -2.29. The van der Waals surface area contributed by atoms with Gasteiger partial charge in [-0.15, -0.1) is 0 Å². The Labute approximate surface area is 112 Å². The fraction of sp³-hybridized carbons (Fsp3) is 0.300. The van der Waals surface area contributed by atoms with E-state index < -0.39 is 28.8 Å². The molecule has 6 nitrogen and oxygen atoms in total. The maximum absolute atomic E-state index is 11.8. The summed E-state index contributed by atoms with van der Waals surface area (Å²) in [7, 11) is -4.25. The van der Waals surface area contributed by atoms with Gasteiger partial charge in [0.1, 0.15) is 0 Å². The first-order chi connectivity index (χ1) is 9.10. The van der Waals surface area contributed by atoms with Crippen molar-refractivity contribution in [2.75, 3.05) is 6.61 Å². The Kier molecular flexibility index (Phi) is 5.09. The Morgan fingerprint density at radius 3 is 2.25 bits per heavy atom. The van der Waals surface area contributed by atoms with Gasteiger partial charge >= 0.3 is 12.1 Å². The number of nitrogens with one attached hydrogen (secondary N) is 1. The zero-order chi connectivity index (χ0) is 15.4. The first kappa shape index (κ1) is 16.4. The Bertz CT molecular complexity index is 568. The molecule has 1 rings (SSSR count). The van der Waals surface area contributed by atoms with Gasteiger partial charge < -0.3 is 5.11 Å². The fourth-order valence-electron chi connectivity index (χ4n) is 1.20. The Balaban J connectivity index is 2.70. The molecule has 0 heterocycles. The SMILES string of the molecule is O=C(O)Cc1ccc(S(=O)(=O)NOCC(F)(F)F)cc1. The van der Waals surface area contributed by atoms with Crippen LogP contribution in [0, 0.1) is 0 Å². The summed E-state index contributed by atoms with van der Waals surface area (Å²) in [4.78, 5) is 15.3. The van der Waals surface area contributed by atoms with Gasteiger partial charge in [0.2, 0.25) is 0 Å². The molecule has 0 aromatic heterocycles. The molecule has 0 radical (unpaired) electrons. The number of carbonyl (C=O) groups is 1. The maximum atomic E-state index is 11.8. The summed E-state index contributed by atoms with van der Waals surface area (Å²) in [6.45, 7) is -1.76. The second-order valence-electron chi connectivity index (χ2n) is 3.71. The number of halogens is 3. The van der Waals surface area contributed by atoms with Crippen molar-refractivity contribution in [3.8, 4) is 0 Å². The molecule has 0 fully saturated rings. The predicted octanol–water partition coefficient (Wildman–Crippen LogP) is 1.09. The van der Waals surface area contributed by atoms with Crippen molar-refractivity contribution >= 4 is 16.0 Å². The third kappa shape index (κ3) is 5.55. The molecule has 0 bridgehead atoms. The van der Waals surface area contributed by atoms with E-state index in [1.165, 1.54) is 17.0 Å². The quantitative estimate of drug-likeness (QED) is 0.767. The summed E-state index contributed by atoms with van der Waals surface area (Å²) in [5.41, 5.74) is 0.354. The standard InChI is InChI=1S/C10H10F3NO5S/c11-10(12,13)6-19-14-20(17,18)8-3-1-7(2-4-8)5-9(15)16/h1-4,14H,5-6H2,(H,15,16). The van der Waals surface area contributed by atoms with E-state index in [1.54, 1.807) is 0 Å². The lowest BCUT2D eigenvalue weighted by Gasteiger charge is -2.09. The molecule has 2 N–H and O–H groups in total.